The molecule has 0 heteroatoms. The van der Waals surface area contributed by atoms with Crippen LogP contribution in [-0.2, 0) is 0 Å². The molecule has 0 aliphatic heterocycles. The summed E-state index contributed by atoms with van der Waals surface area (Å²) < 4.78 is 0. The van der Waals surface area contributed by atoms with E-state index in [4.69, 9.17) is 0 Å². The van der Waals surface area contributed by atoms with Gasteiger partial charge < -0.3 is 0 Å². The predicted octanol–water partition coefficient (Wildman–Crippen LogP) is 9.65. The molecule has 0 atom stereocenters. The van der Waals surface area contributed by atoms with Crippen LogP contribution < -0.4 is 0 Å². The normalized spacial score (nSPS) is 10.0. The molecule has 0 aliphatic rings. The van der Waals surface area contributed by atoms with Gasteiger partial charge in [-0.25, -0.2) is 0 Å². The van der Waals surface area contributed by atoms with Gasteiger partial charge in [0.05, 0.1) is 0 Å². The van der Waals surface area contributed by atoms with E-state index in [1.165, 1.54) is 43.1 Å². The smallest absolute Gasteiger partial charge is 0.0105 e. The van der Waals surface area contributed by atoms with Gasteiger partial charge in [0.25, 0.3) is 0 Å². The highest BCUT2D eigenvalue weighted by Gasteiger charge is 1.98. The molecule has 0 heterocycles. The second kappa shape index (κ2) is 10.4. The van der Waals surface area contributed by atoms with Crippen molar-refractivity contribution < 1.29 is 0 Å². The van der Waals surface area contributed by atoms with E-state index in [1.54, 1.807) is 0 Å². The molecule has 0 aromatic heterocycles. The van der Waals surface area contributed by atoms with E-state index in [2.05, 4.69) is 121 Å². The van der Waals surface area contributed by atoms with Crippen LogP contribution in [0.1, 0.15) is 21.3 Å². The third kappa shape index (κ3) is 4.59. The molecule has 0 fully saturated rings. The minimum atomic E-state index is 0. The maximum atomic E-state index is 2.18. The van der Waals surface area contributed by atoms with Gasteiger partial charge in [-0.2, -0.15) is 0 Å². The maximum absolute atomic E-state index is 2.18. The van der Waals surface area contributed by atoms with Crippen molar-refractivity contribution >= 4 is 43.1 Å². The molecule has 6 aromatic rings. The molecule has 0 amide bonds. The topological polar surface area (TPSA) is 0 Å². The van der Waals surface area contributed by atoms with Gasteiger partial charge in [0, 0.05) is 0 Å². The Morgan fingerprint density at radius 1 is 0.290 bits per heavy atom. The Balaban J connectivity index is 0.000000158. The van der Waals surface area contributed by atoms with Crippen LogP contribution in [-0.4, -0.2) is 0 Å². The van der Waals surface area contributed by atoms with E-state index in [9.17, 15) is 0 Å². The summed E-state index contributed by atoms with van der Waals surface area (Å²) in [6.07, 6.45) is 0. The molecular weight excluding hydrogens is 372 g/mol. The summed E-state index contributed by atoms with van der Waals surface area (Å²) >= 11 is 0. The zero-order valence-electron chi connectivity index (χ0n) is 17.5. The number of rotatable bonds is 0. The second-order valence-electron chi connectivity index (χ2n) is 7.02. The Hall–Kier alpha value is -3.64. The van der Waals surface area contributed by atoms with E-state index in [0.29, 0.717) is 0 Å². The largest absolute Gasteiger partial charge is 0.0776 e. The van der Waals surface area contributed by atoms with Crippen LogP contribution >= 0.6 is 0 Å². The van der Waals surface area contributed by atoms with Gasteiger partial charge >= 0.3 is 0 Å². The van der Waals surface area contributed by atoms with Crippen molar-refractivity contribution in [1.82, 2.24) is 0 Å². The van der Waals surface area contributed by atoms with Crippen molar-refractivity contribution in [3.05, 3.63) is 121 Å². The van der Waals surface area contributed by atoms with Crippen LogP contribution in [0.15, 0.2) is 121 Å². The molecule has 0 radical (unpaired) electrons. The quantitative estimate of drug-likeness (QED) is 0.222. The number of hydrogen-bond donors (Lipinski definition) is 0. The molecule has 0 unspecified atom stereocenters. The zero-order valence-corrected chi connectivity index (χ0v) is 17.5. The summed E-state index contributed by atoms with van der Waals surface area (Å²) in [5.74, 6) is 0. The maximum Gasteiger partial charge on any atom is -0.0105 e. The molecule has 6 rings (SSSR count). The fraction of sp³-hybridized carbons (Fsp3) is 0.0968. The van der Waals surface area contributed by atoms with E-state index < -0.39 is 0 Å². The zero-order chi connectivity index (χ0) is 20.8. The highest BCUT2D eigenvalue weighted by Crippen LogP contribution is 2.25. The summed E-state index contributed by atoms with van der Waals surface area (Å²) in [7, 11) is 0. The molecule has 0 nitrogen and oxygen atoms in total. The van der Waals surface area contributed by atoms with Crippen LogP contribution in [0, 0.1) is 0 Å². The average molecular weight is 403 g/mol. The molecule has 6 aromatic carbocycles. The van der Waals surface area contributed by atoms with Crippen molar-refractivity contribution in [3.8, 4) is 0 Å². The van der Waals surface area contributed by atoms with Crippen molar-refractivity contribution in [2.24, 2.45) is 0 Å². The van der Waals surface area contributed by atoms with Gasteiger partial charge in [0.2, 0.25) is 0 Å². The second-order valence-corrected chi connectivity index (χ2v) is 7.02. The molecule has 31 heavy (non-hydrogen) atoms. The van der Waals surface area contributed by atoms with E-state index in [-0.39, 0.29) is 7.43 Å². The summed E-state index contributed by atoms with van der Waals surface area (Å²) in [4.78, 5) is 0. The Labute approximate surface area is 185 Å². The van der Waals surface area contributed by atoms with Crippen molar-refractivity contribution in [3.63, 3.8) is 0 Å². The fourth-order valence-electron chi connectivity index (χ4n) is 3.91. The van der Waals surface area contributed by atoms with Crippen LogP contribution in [0.2, 0.25) is 0 Å². The summed E-state index contributed by atoms with van der Waals surface area (Å²) in [6.45, 7) is 4.00. The fourth-order valence-corrected chi connectivity index (χ4v) is 3.91. The summed E-state index contributed by atoms with van der Waals surface area (Å²) in [6, 6.07) is 42.7. The molecule has 0 aliphatic carbocycles. The first-order valence-corrected chi connectivity index (χ1v) is 10.6. The third-order valence-corrected chi connectivity index (χ3v) is 5.31. The first-order chi connectivity index (χ1) is 14.9. The number of benzene rings is 6. The van der Waals surface area contributed by atoms with Crippen molar-refractivity contribution in [2.75, 3.05) is 0 Å². The minimum Gasteiger partial charge on any atom is -0.0776 e. The molecule has 0 N–H and O–H groups in total. The Kier molecular flexibility index (Phi) is 7.40. The Morgan fingerprint density at radius 2 is 0.484 bits per heavy atom. The first kappa shape index (κ1) is 22.1. The minimum absolute atomic E-state index is 0. The lowest BCUT2D eigenvalue weighted by molar-refractivity contribution is 1.50. The van der Waals surface area contributed by atoms with Crippen LogP contribution in [0.4, 0.5) is 0 Å². The predicted molar refractivity (Wildman–Crippen MR) is 141 cm³/mol. The van der Waals surface area contributed by atoms with Gasteiger partial charge in [-0.05, 0) is 43.1 Å². The lowest BCUT2D eigenvalue weighted by Gasteiger charge is -2.02. The van der Waals surface area contributed by atoms with Crippen LogP contribution in [0.3, 0.4) is 0 Å². The van der Waals surface area contributed by atoms with E-state index in [0.717, 1.165) is 0 Å². The molecule has 0 saturated heterocycles. The van der Waals surface area contributed by atoms with Gasteiger partial charge in [0.15, 0.2) is 0 Å². The molecular formula is C31H30. The molecule has 0 bridgehead atoms. The first-order valence-electron chi connectivity index (χ1n) is 10.6. The van der Waals surface area contributed by atoms with E-state index in [1.807, 2.05) is 13.8 Å². The lowest BCUT2D eigenvalue weighted by atomic mass is 10.0. The SMILES string of the molecule is C.CC.c1ccc2c(c1)ccc1ccccc12.c1ccc2c(c1)ccc1ccccc12. The highest BCUT2D eigenvalue weighted by atomic mass is 14.0. The van der Waals surface area contributed by atoms with Gasteiger partial charge in [-0.3, -0.25) is 0 Å². The Bertz CT molecular complexity index is 1190. The Morgan fingerprint density at radius 3 is 0.710 bits per heavy atom. The molecule has 154 valence electrons. The molecule has 0 spiro atoms. The average Bonchev–Trinajstić information content (AvgIpc) is 2.85. The number of hydrogen-bond acceptors (Lipinski definition) is 0. The highest BCUT2D eigenvalue weighted by molar-refractivity contribution is 6.08. The summed E-state index contributed by atoms with van der Waals surface area (Å²) in [5, 5.41) is 10.6. The number of fused-ring (bicyclic) bond motifs is 6. The lowest BCUT2D eigenvalue weighted by Crippen LogP contribution is -1.75. The summed E-state index contributed by atoms with van der Waals surface area (Å²) in [5.41, 5.74) is 0. The third-order valence-electron chi connectivity index (χ3n) is 5.31. The van der Waals surface area contributed by atoms with Gasteiger partial charge in [-0.1, -0.05) is 143 Å². The van der Waals surface area contributed by atoms with Crippen molar-refractivity contribution in [1.29, 1.82) is 0 Å². The molecule has 0 saturated carbocycles. The van der Waals surface area contributed by atoms with E-state index >= 15 is 0 Å². The van der Waals surface area contributed by atoms with Crippen molar-refractivity contribution in [2.45, 2.75) is 21.3 Å². The van der Waals surface area contributed by atoms with Gasteiger partial charge in [-0.15, -0.1) is 0 Å². The standard InChI is InChI=1S/2C14H10.C2H6.CH4/c2*1-3-7-13-11(5-1)9-10-12-6-2-4-8-14(12)13;1-2;/h2*1-10H;1-2H3;1H4. The van der Waals surface area contributed by atoms with Gasteiger partial charge in [0.1, 0.15) is 0 Å². The monoisotopic (exact) mass is 402 g/mol. The van der Waals surface area contributed by atoms with Crippen LogP contribution in [0.5, 0.6) is 0 Å². The van der Waals surface area contributed by atoms with Crippen LogP contribution in [0.25, 0.3) is 43.1 Å².